The number of nitrogen functional groups attached to an aromatic ring is 1. The Labute approximate surface area is 271 Å². The first-order valence-electron chi connectivity index (χ1n) is 16.5. The summed E-state index contributed by atoms with van der Waals surface area (Å²) in [5, 5.41) is 26.2. The van der Waals surface area contributed by atoms with Crippen molar-refractivity contribution in [2.75, 3.05) is 30.8 Å². The second-order valence-electron chi connectivity index (χ2n) is 14.4. The molecule has 3 atom stereocenters. The molecule has 0 radical (unpaired) electrons. The second kappa shape index (κ2) is 10.4. The number of rotatable bonds is 5. The lowest BCUT2D eigenvalue weighted by Gasteiger charge is -2.39. The van der Waals surface area contributed by atoms with Gasteiger partial charge < -0.3 is 25.2 Å². The quantitative estimate of drug-likeness (QED) is 0.328. The predicted octanol–water partition coefficient (Wildman–Crippen LogP) is 3.80. The second-order valence-corrected chi connectivity index (χ2v) is 15.5. The number of likely N-dealkylation sites (tertiary alicyclic amines) is 1. The number of anilines is 2. The Kier molecular flexibility index (Phi) is 6.70. The number of aliphatic hydroxyl groups is 1. The van der Waals surface area contributed by atoms with Crippen molar-refractivity contribution in [1.82, 2.24) is 29.2 Å². The van der Waals surface area contributed by atoms with Gasteiger partial charge in [0.05, 0.1) is 23.1 Å². The highest BCUT2D eigenvalue weighted by molar-refractivity contribution is 7.16. The molecule has 0 bridgehead atoms. The minimum atomic E-state index is -1.12. The van der Waals surface area contributed by atoms with E-state index in [-0.39, 0.29) is 18.3 Å². The Morgan fingerprint density at radius 3 is 2.70 bits per heavy atom. The van der Waals surface area contributed by atoms with E-state index in [1.165, 1.54) is 16.2 Å². The largest absolute Gasteiger partial charge is 0.389 e. The molecule has 4 aromatic heterocycles. The van der Waals surface area contributed by atoms with Gasteiger partial charge in [0.1, 0.15) is 16.6 Å². The van der Waals surface area contributed by atoms with Crippen molar-refractivity contribution in [3.8, 4) is 17.6 Å². The molecule has 4 aliphatic rings. The van der Waals surface area contributed by atoms with Crippen molar-refractivity contribution in [3.05, 3.63) is 37.8 Å². The third-order valence-corrected chi connectivity index (χ3v) is 12.0. The number of thiophene rings is 1. The molecule has 1 fully saturated rings. The normalized spacial score (nSPS) is 23.6. The molecule has 2 aliphatic heterocycles. The summed E-state index contributed by atoms with van der Waals surface area (Å²) in [6, 6.07) is 2.94. The van der Waals surface area contributed by atoms with Crippen LogP contribution in [0.3, 0.4) is 0 Å². The number of nitrogens with zero attached hydrogens (tertiary/aromatic N) is 8. The summed E-state index contributed by atoms with van der Waals surface area (Å²) in [6.07, 6.45) is 7.57. The van der Waals surface area contributed by atoms with E-state index >= 15 is 0 Å². The van der Waals surface area contributed by atoms with Gasteiger partial charge in [-0.25, -0.2) is 14.8 Å². The predicted molar refractivity (Wildman–Crippen MR) is 176 cm³/mol. The molecule has 0 saturated carbocycles. The van der Waals surface area contributed by atoms with Gasteiger partial charge in [-0.3, -0.25) is 9.13 Å². The fourth-order valence-corrected chi connectivity index (χ4v) is 10.1. The fraction of sp³-hybridized carbons (Fsp3) is 0.606. The molecular formula is C33H41N9O3S. The van der Waals surface area contributed by atoms with Gasteiger partial charge in [-0.05, 0) is 91.3 Å². The number of nitrogens with two attached hydrogens (primary N) is 1. The molecule has 1 saturated heterocycles. The summed E-state index contributed by atoms with van der Waals surface area (Å²) in [7, 11) is 2.18. The maximum absolute atomic E-state index is 13.8. The minimum Gasteiger partial charge on any atom is -0.389 e. The van der Waals surface area contributed by atoms with Crippen molar-refractivity contribution in [2.24, 2.45) is 0 Å². The third kappa shape index (κ3) is 4.22. The van der Waals surface area contributed by atoms with Crippen LogP contribution in [0.15, 0.2) is 9.32 Å². The van der Waals surface area contributed by atoms with E-state index in [9.17, 15) is 15.2 Å². The van der Waals surface area contributed by atoms with Gasteiger partial charge in [-0.15, -0.1) is 11.3 Å². The molecule has 13 heteroatoms. The molecule has 3 N–H and O–H groups in total. The third-order valence-electron chi connectivity index (χ3n) is 10.9. The molecule has 4 aromatic rings. The Bertz CT molecular complexity index is 1970. The number of imidazole rings is 1. The van der Waals surface area contributed by atoms with E-state index in [4.69, 9.17) is 20.2 Å². The highest BCUT2D eigenvalue weighted by atomic mass is 32.1. The molecule has 46 heavy (non-hydrogen) atoms. The average molecular weight is 644 g/mol. The first kappa shape index (κ1) is 29.7. The minimum absolute atomic E-state index is 0.103. The average Bonchev–Trinajstić information content (AvgIpc) is 3.79. The first-order chi connectivity index (χ1) is 22.0. The van der Waals surface area contributed by atoms with E-state index < -0.39 is 11.0 Å². The molecule has 1 spiro atoms. The number of aromatic nitrogens is 5. The van der Waals surface area contributed by atoms with E-state index in [0.717, 1.165) is 80.6 Å². The topological polar surface area (TPSA) is 155 Å². The van der Waals surface area contributed by atoms with Crippen LogP contribution in [0.5, 0.6) is 0 Å². The molecule has 0 amide bonds. The Morgan fingerprint density at radius 1 is 1.20 bits per heavy atom. The zero-order chi connectivity index (χ0) is 32.1. The van der Waals surface area contributed by atoms with E-state index in [1.807, 2.05) is 0 Å². The van der Waals surface area contributed by atoms with E-state index in [1.54, 1.807) is 23.0 Å². The van der Waals surface area contributed by atoms with E-state index in [2.05, 4.69) is 35.0 Å². The van der Waals surface area contributed by atoms with Crippen LogP contribution in [0.25, 0.3) is 22.7 Å². The van der Waals surface area contributed by atoms with Crippen LogP contribution in [0.2, 0.25) is 0 Å². The monoisotopic (exact) mass is 643 g/mol. The van der Waals surface area contributed by atoms with Crippen LogP contribution in [0.4, 0.5) is 10.8 Å². The lowest BCUT2D eigenvalue weighted by atomic mass is 9.63. The van der Waals surface area contributed by atoms with Gasteiger partial charge in [-0.2, -0.15) is 5.26 Å². The zero-order valence-corrected chi connectivity index (χ0v) is 27.8. The molecule has 6 heterocycles. The number of likely N-dealkylation sites (N-methyl/N-ethyl adjacent to an activating group) is 1. The lowest BCUT2D eigenvalue weighted by Crippen LogP contribution is -2.50. The van der Waals surface area contributed by atoms with Crippen LogP contribution < -0.4 is 16.3 Å². The molecule has 8 rings (SSSR count). The van der Waals surface area contributed by atoms with Crippen molar-refractivity contribution < 1.29 is 9.63 Å². The summed E-state index contributed by atoms with van der Waals surface area (Å²) in [4.78, 5) is 30.0. The van der Waals surface area contributed by atoms with Crippen molar-refractivity contribution in [2.45, 2.75) is 108 Å². The summed E-state index contributed by atoms with van der Waals surface area (Å²) in [5.41, 5.74) is 8.97. The summed E-state index contributed by atoms with van der Waals surface area (Å²) >= 11 is 1.53. The van der Waals surface area contributed by atoms with Crippen molar-refractivity contribution in [1.29, 1.82) is 5.26 Å². The Morgan fingerprint density at radius 2 is 1.98 bits per heavy atom. The Balaban J connectivity index is 1.33. The molecule has 2 aliphatic carbocycles. The molecular weight excluding hydrogens is 602 g/mol. The molecule has 0 aromatic carbocycles. The zero-order valence-electron chi connectivity index (χ0n) is 27.0. The van der Waals surface area contributed by atoms with Crippen LogP contribution in [-0.2, 0) is 31.3 Å². The van der Waals surface area contributed by atoms with Crippen LogP contribution in [0.1, 0.15) is 86.6 Å². The SMILES string of the molecule is C[C@@H]([C@@H]1CCCN1C)N1CCn2c(=O)n(CC(C)(C)O)c3nc(-c4noc5c4CCC[C@@]54CCCc5sc(N)c(C#N)c54)nc1c32. The maximum Gasteiger partial charge on any atom is 0.330 e. The highest BCUT2D eigenvalue weighted by Gasteiger charge is 2.49. The molecule has 12 nitrogen and oxygen atoms in total. The number of hydrogen-bond donors (Lipinski definition) is 2. The summed E-state index contributed by atoms with van der Waals surface area (Å²) < 4.78 is 9.66. The van der Waals surface area contributed by atoms with Crippen LogP contribution in [0, 0.1) is 11.3 Å². The number of fused-ring (bicyclic) bond motifs is 4. The first-order valence-corrected chi connectivity index (χ1v) is 17.4. The number of nitriles is 1. The maximum atomic E-state index is 13.8. The highest BCUT2D eigenvalue weighted by Crippen LogP contribution is 2.55. The van der Waals surface area contributed by atoms with Crippen LogP contribution in [-0.4, -0.2) is 72.1 Å². The number of aryl methyl sites for hydroxylation is 1. The molecule has 242 valence electrons. The Hall–Kier alpha value is -3.73. The van der Waals surface area contributed by atoms with Gasteiger partial charge in [0.2, 0.25) is 0 Å². The van der Waals surface area contributed by atoms with Gasteiger partial charge in [0, 0.05) is 35.6 Å². The van der Waals surface area contributed by atoms with Crippen LogP contribution >= 0.6 is 11.3 Å². The molecule has 0 unspecified atom stereocenters. The van der Waals surface area contributed by atoms with E-state index in [0.29, 0.717) is 52.4 Å². The fourth-order valence-electron chi connectivity index (χ4n) is 8.92. The van der Waals surface area contributed by atoms with Gasteiger partial charge >= 0.3 is 5.69 Å². The smallest absolute Gasteiger partial charge is 0.330 e. The number of hydrogen-bond acceptors (Lipinski definition) is 11. The van der Waals surface area contributed by atoms with Gasteiger partial charge in [0.25, 0.3) is 0 Å². The standard InChI is InChI=1S/C33H41N9O3S/c1-18(21-9-7-13-39(21)4)40-14-15-41-25-29(40)36-28(37-30(25)42(31(41)43)17-32(2,3)44)24-19-8-5-11-33(26(19)45-38-24)12-6-10-22-23(33)20(16-34)27(35)46-22/h18,21,44H,5-15,17,35H2,1-4H3/t18-,21-,33-/m0/s1. The van der Waals surface area contributed by atoms with Gasteiger partial charge in [-0.1, -0.05) is 5.16 Å². The summed E-state index contributed by atoms with van der Waals surface area (Å²) in [6.45, 7) is 8.00. The lowest BCUT2D eigenvalue weighted by molar-refractivity contribution is 0.0613. The van der Waals surface area contributed by atoms with Crippen molar-refractivity contribution in [3.63, 3.8) is 0 Å². The van der Waals surface area contributed by atoms with Crippen molar-refractivity contribution >= 4 is 33.3 Å². The summed E-state index contributed by atoms with van der Waals surface area (Å²) in [5.74, 6) is 1.95. The van der Waals surface area contributed by atoms with Gasteiger partial charge in [0.15, 0.2) is 28.7 Å².